The molecule has 4 N–H and O–H groups in total. The predicted molar refractivity (Wildman–Crippen MR) is 95.5 cm³/mol. The molecule has 0 saturated heterocycles. The van der Waals surface area contributed by atoms with Gasteiger partial charge in [-0.3, -0.25) is 9.59 Å². The topological polar surface area (TPSA) is 110 Å². The Hall–Kier alpha value is -2.53. The zero-order valence-electron chi connectivity index (χ0n) is 13.9. The summed E-state index contributed by atoms with van der Waals surface area (Å²) >= 11 is 7.04. The lowest BCUT2D eigenvalue weighted by Gasteiger charge is -2.16. The summed E-state index contributed by atoms with van der Waals surface area (Å²) in [6, 6.07) is 2.97. The molecule has 144 valence electrons. The Morgan fingerprint density at radius 3 is 2.44 bits per heavy atom. The van der Waals surface area contributed by atoms with E-state index in [9.17, 15) is 22.8 Å². The summed E-state index contributed by atoms with van der Waals surface area (Å²) in [6.45, 7) is 0. The fourth-order valence-electron chi connectivity index (χ4n) is 2.14. The van der Waals surface area contributed by atoms with Crippen molar-refractivity contribution in [2.75, 3.05) is 18.6 Å². The van der Waals surface area contributed by atoms with E-state index in [1.165, 1.54) is 13.1 Å². The Labute approximate surface area is 160 Å². The van der Waals surface area contributed by atoms with Crippen molar-refractivity contribution in [2.45, 2.75) is 11.3 Å². The van der Waals surface area contributed by atoms with Crippen molar-refractivity contribution in [1.29, 1.82) is 0 Å². The molecule has 7 nitrogen and oxygen atoms in total. The van der Waals surface area contributed by atoms with Crippen LogP contribution in [0.25, 0.3) is 0 Å². The number of nitrogens with zero attached hydrogens (tertiary/aromatic N) is 2. The minimum Gasteiger partial charge on any atom is -0.365 e. The number of benzene rings is 1. The van der Waals surface area contributed by atoms with Gasteiger partial charge in [0.15, 0.2) is 5.16 Å². The number of halogens is 4. The number of nitrogens with two attached hydrogens (primary N) is 1. The lowest BCUT2D eigenvalue weighted by Crippen LogP contribution is -2.22. The number of amides is 2. The monoisotopic (exact) mass is 419 g/mol. The largest absolute Gasteiger partial charge is 0.417 e. The van der Waals surface area contributed by atoms with Gasteiger partial charge in [-0.25, -0.2) is 9.97 Å². The number of anilines is 2. The van der Waals surface area contributed by atoms with E-state index in [-0.39, 0.29) is 27.4 Å². The van der Waals surface area contributed by atoms with Crippen molar-refractivity contribution >= 4 is 46.7 Å². The molecule has 0 atom stereocenters. The molecule has 12 heteroatoms. The van der Waals surface area contributed by atoms with Gasteiger partial charge in [-0.15, -0.1) is 0 Å². The molecule has 0 aliphatic carbocycles. The van der Waals surface area contributed by atoms with Crippen molar-refractivity contribution in [3.05, 3.63) is 40.0 Å². The fraction of sp³-hybridized carbons (Fsp3) is 0.200. The first kappa shape index (κ1) is 20.8. The molecule has 2 rings (SSSR count). The number of hydrogen-bond acceptors (Lipinski definition) is 6. The summed E-state index contributed by atoms with van der Waals surface area (Å²) < 4.78 is 40.0. The van der Waals surface area contributed by atoms with Gasteiger partial charge >= 0.3 is 6.18 Å². The number of rotatable bonds is 5. The Bertz CT molecular complexity index is 908. The Morgan fingerprint density at radius 1 is 1.26 bits per heavy atom. The van der Waals surface area contributed by atoms with Gasteiger partial charge in [0, 0.05) is 12.7 Å². The summed E-state index contributed by atoms with van der Waals surface area (Å²) in [7, 11) is 1.22. The number of carbonyl (C=O) groups is 2. The van der Waals surface area contributed by atoms with E-state index in [2.05, 4.69) is 20.6 Å². The Morgan fingerprint density at radius 2 is 1.93 bits per heavy atom. The fourth-order valence-corrected chi connectivity index (χ4v) is 2.82. The van der Waals surface area contributed by atoms with Gasteiger partial charge in [0.2, 0.25) is 0 Å². The highest BCUT2D eigenvalue weighted by Gasteiger charge is 2.35. The van der Waals surface area contributed by atoms with Crippen LogP contribution in [0.5, 0.6) is 0 Å². The lowest BCUT2D eigenvalue weighted by atomic mass is 10.1. The number of carbonyl (C=O) groups excluding carboxylic acids is 2. The van der Waals surface area contributed by atoms with Crippen LogP contribution in [-0.2, 0) is 6.18 Å². The molecule has 0 unspecified atom stereocenters. The highest BCUT2D eigenvalue weighted by molar-refractivity contribution is 7.98. The van der Waals surface area contributed by atoms with Crippen LogP contribution in [0.15, 0.2) is 23.4 Å². The predicted octanol–water partition coefficient (Wildman–Crippen LogP) is 3.07. The molecule has 0 saturated carbocycles. The first-order valence-electron chi connectivity index (χ1n) is 7.20. The number of hydrogen-bond donors (Lipinski definition) is 3. The number of primary amides is 1. The van der Waals surface area contributed by atoms with Crippen LogP contribution in [-0.4, -0.2) is 35.1 Å². The maximum absolute atomic E-state index is 13.3. The van der Waals surface area contributed by atoms with E-state index in [1.54, 1.807) is 6.26 Å². The summed E-state index contributed by atoms with van der Waals surface area (Å²) in [5.41, 5.74) is 3.22. The van der Waals surface area contributed by atoms with E-state index >= 15 is 0 Å². The van der Waals surface area contributed by atoms with Crippen LogP contribution in [0, 0.1) is 0 Å². The summed E-state index contributed by atoms with van der Waals surface area (Å²) in [6.07, 6.45) is -3.13. The highest BCUT2D eigenvalue weighted by atomic mass is 35.5. The molecule has 27 heavy (non-hydrogen) atoms. The third-order valence-corrected chi connectivity index (χ3v) is 4.15. The molecule has 0 radical (unpaired) electrons. The van der Waals surface area contributed by atoms with Crippen LogP contribution in [0.3, 0.4) is 0 Å². The zero-order valence-corrected chi connectivity index (χ0v) is 15.5. The third kappa shape index (κ3) is 4.61. The Kier molecular flexibility index (Phi) is 6.16. The molecular formula is C15H13ClF3N5O2S. The average Bonchev–Trinajstić information content (AvgIpc) is 2.59. The first-order chi connectivity index (χ1) is 12.6. The number of alkyl halides is 3. The summed E-state index contributed by atoms with van der Waals surface area (Å²) in [5.74, 6) is -1.98. The molecule has 1 aromatic carbocycles. The van der Waals surface area contributed by atoms with Crippen LogP contribution < -0.4 is 16.4 Å². The maximum atomic E-state index is 13.3. The molecule has 1 heterocycles. The average molecular weight is 420 g/mol. The molecule has 0 spiro atoms. The molecule has 1 aromatic heterocycles. The van der Waals surface area contributed by atoms with E-state index in [0.717, 1.165) is 23.9 Å². The smallest absolute Gasteiger partial charge is 0.365 e. The molecule has 0 aliphatic rings. The van der Waals surface area contributed by atoms with Crippen molar-refractivity contribution in [2.24, 2.45) is 5.73 Å². The van der Waals surface area contributed by atoms with E-state index in [1.807, 2.05) is 0 Å². The maximum Gasteiger partial charge on any atom is 0.417 e. The second-order valence-corrected chi connectivity index (χ2v) is 6.18. The van der Waals surface area contributed by atoms with Crippen molar-refractivity contribution in [1.82, 2.24) is 15.3 Å². The van der Waals surface area contributed by atoms with Crippen LogP contribution in [0.1, 0.15) is 26.3 Å². The molecule has 0 aliphatic heterocycles. The SMILES string of the molecule is CNC(=O)c1ccc(Nc2nc(SC)nc(Cl)c2C(N)=O)cc1C(F)(F)F. The lowest BCUT2D eigenvalue weighted by molar-refractivity contribution is -0.137. The van der Waals surface area contributed by atoms with Gasteiger partial charge in [-0.05, 0) is 24.5 Å². The van der Waals surface area contributed by atoms with Gasteiger partial charge in [0.25, 0.3) is 11.8 Å². The standard InChI is InChI=1S/C15H13ClF3N5O2S/c1-21-13(26)7-4-3-6(5-8(7)15(17,18)19)22-12-9(11(20)25)10(16)23-14(24-12)27-2/h3-5H,1-2H3,(H2,20,25)(H,21,26)(H,22,23,24). The van der Waals surface area contributed by atoms with Crippen LogP contribution >= 0.6 is 23.4 Å². The zero-order chi connectivity index (χ0) is 20.4. The minimum atomic E-state index is -4.78. The van der Waals surface area contributed by atoms with E-state index < -0.39 is 29.1 Å². The summed E-state index contributed by atoms with van der Waals surface area (Å²) in [4.78, 5) is 31.2. The molecule has 0 fully saturated rings. The molecule has 2 amide bonds. The summed E-state index contributed by atoms with van der Waals surface area (Å²) in [5, 5.41) is 4.68. The molecule has 2 aromatic rings. The number of thioether (sulfide) groups is 1. The number of nitrogens with one attached hydrogen (secondary N) is 2. The van der Waals surface area contributed by atoms with Crippen molar-refractivity contribution < 1.29 is 22.8 Å². The second-order valence-electron chi connectivity index (χ2n) is 5.05. The van der Waals surface area contributed by atoms with Crippen LogP contribution in [0.4, 0.5) is 24.7 Å². The van der Waals surface area contributed by atoms with E-state index in [0.29, 0.717) is 0 Å². The second kappa shape index (κ2) is 8.01. The molecule has 0 bridgehead atoms. The minimum absolute atomic E-state index is 0.0701. The van der Waals surface area contributed by atoms with Crippen molar-refractivity contribution in [3.63, 3.8) is 0 Å². The quantitative estimate of drug-likeness (QED) is 0.390. The number of aromatic nitrogens is 2. The van der Waals surface area contributed by atoms with Crippen LogP contribution in [0.2, 0.25) is 5.15 Å². The third-order valence-electron chi connectivity index (χ3n) is 3.33. The normalized spacial score (nSPS) is 11.2. The van der Waals surface area contributed by atoms with Crippen molar-refractivity contribution in [3.8, 4) is 0 Å². The first-order valence-corrected chi connectivity index (χ1v) is 8.80. The van der Waals surface area contributed by atoms with Gasteiger partial charge in [0.05, 0.1) is 11.1 Å². The van der Waals surface area contributed by atoms with Gasteiger partial charge < -0.3 is 16.4 Å². The van der Waals surface area contributed by atoms with E-state index in [4.69, 9.17) is 17.3 Å². The van der Waals surface area contributed by atoms with Gasteiger partial charge in [-0.2, -0.15) is 13.2 Å². The van der Waals surface area contributed by atoms with Gasteiger partial charge in [0.1, 0.15) is 16.5 Å². The highest BCUT2D eigenvalue weighted by Crippen LogP contribution is 2.35. The van der Waals surface area contributed by atoms with Gasteiger partial charge in [-0.1, -0.05) is 23.4 Å². The Balaban J connectivity index is 2.57. The molecular weight excluding hydrogens is 407 g/mol.